The number of azide groups is 1. The zero-order chi connectivity index (χ0) is 21.0. The van der Waals surface area contributed by atoms with Gasteiger partial charge in [-0.3, -0.25) is 4.57 Å². The molecule has 29 heavy (non-hydrogen) atoms. The number of nitrogens with one attached hydrogen (secondary N) is 1. The minimum absolute atomic E-state index is 0.170. The highest BCUT2D eigenvalue weighted by atomic mass is 19.1. The van der Waals surface area contributed by atoms with Gasteiger partial charge in [-0.25, -0.2) is 9.18 Å². The maximum Gasteiger partial charge on any atom is 0.351 e. The van der Waals surface area contributed by atoms with Crippen LogP contribution in [0.2, 0.25) is 0 Å². The van der Waals surface area contributed by atoms with Crippen LogP contribution in [0.4, 0.5) is 10.2 Å². The number of anilines is 1. The molecule has 1 aromatic heterocycles. The Morgan fingerprint density at radius 3 is 2.72 bits per heavy atom. The molecule has 3 rings (SSSR count). The van der Waals surface area contributed by atoms with Gasteiger partial charge >= 0.3 is 5.69 Å². The molecular weight excluding hydrogens is 387 g/mol. The van der Waals surface area contributed by atoms with Crippen LogP contribution < -0.4 is 11.0 Å². The number of aromatic hydroxyl groups is 1. The fourth-order valence-corrected chi connectivity index (χ4v) is 2.98. The summed E-state index contributed by atoms with van der Waals surface area (Å²) < 4.78 is 20.5. The molecule has 12 heteroatoms. The second-order valence-electron chi connectivity index (χ2n) is 6.44. The molecule has 1 aliphatic heterocycles. The largest absolute Gasteiger partial charge is 0.508 e. The number of ether oxygens (including phenoxy) is 1. The summed E-state index contributed by atoms with van der Waals surface area (Å²) in [6, 6.07) is 8.10. The Balaban J connectivity index is 1.70. The molecule has 0 bridgehead atoms. The Hall–Kier alpha value is -3.18. The third kappa shape index (κ3) is 4.15. The van der Waals surface area contributed by atoms with E-state index in [1.54, 1.807) is 24.3 Å². The summed E-state index contributed by atoms with van der Waals surface area (Å²) in [6.45, 7) is -0.510. The number of phenolic OH excluding ortho intramolecular Hbond substituents is 1. The maximum absolute atomic E-state index is 14.5. The molecule has 0 spiro atoms. The number of alkyl halides is 1. The molecule has 1 aromatic carbocycles. The molecule has 11 nitrogen and oxygen atoms in total. The highest BCUT2D eigenvalue weighted by Crippen LogP contribution is 2.39. The molecule has 1 fully saturated rings. The summed E-state index contributed by atoms with van der Waals surface area (Å²) in [6.07, 6.45) is -3.86. The number of hydrogen-bond donors (Lipinski definition) is 4. The van der Waals surface area contributed by atoms with Gasteiger partial charge in [0, 0.05) is 17.7 Å². The first-order valence-electron chi connectivity index (χ1n) is 8.68. The lowest BCUT2D eigenvalue weighted by Crippen LogP contribution is -2.43. The summed E-state index contributed by atoms with van der Waals surface area (Å²) in [5.41, 5.74) is 6.48. The average molecular weight is 406 g/mol. The molecule has 0 amide bonds. The van der Waals surface area contributed by atoms with Crippen LogP contribution >= 0.6 is 0 Å². The third-order valence-corrected chi connectivity index (χ3v) is 4.56. The molecule has 0 saturated carbocycles. The topological polar surface area (TPSA) is 166 Å². The SMILES string of the molecule is [N-]=[N+]=N[C@]1(CO)O[C@@H](n2ccc(NCCc3ccc(O)cc3)nc2=O)[C@@H](F)C1O. The van der Waals surface area contributed by atoms with Crippen molar-refractivity contribution < 1.29 is 24.4 Å². The number of aromatic nitrogens is 2. The van der Waals surface area contributed by atoms with Crippen LogP contribution in [0.25, 0.3) is 10.4 Å². The van der Waals surface area contributed by atoms with Gasteiger partial charge in [-0.05, 0) is 35.7 Å². The Kier molecular flexibility index (Phi) is 5.99. The Bertz CT molecular complexity index is 964. The van der Waals surface area contributed by atoms with Crippen molar-refractivity contribution in [1.29, 1.82) is 0 Å². The molecule has 1 saturated heterocycles. The number of aliphatic hydroxyl groups is 2. The monoisotopic (exact) mass is 406 g/mol. The van der Waals surface area contributed by atoms with E-state index in [0.717, 1.165) is 10.1 Å². The summed E-state index contributed by atoms with van der Waals surface area (Å²) in [7, 11) is 0. The van der Waals surface area contributed by atoms with Gasteiger partial charge in [-0.15, -0.1) is 0 Å². The zero-order valence-corrected chi connectivity index (χ0v) is 15.1. The van der Waals surface area contributed by atoms with Gasteiger partial charge in [0.05, 0.1) is 6.61 Å². The number of aliphatic hydroxyl groups excluding tert-OH is 2. The maximum atomic E-state index is 14.5. The van der Waals surface area contributed by atoms with E-state index < -0.39 is 36.5 Å². The van der Waals surface area contributed by atoms with Gasteiger partial charge in [-0.1, -0.05) is 17.2 Å². The molecule has 0 radical (unpaired) electrons. The lowest BCUT2D eigenvalue weighted by molar-refractivity contribution is -0.124. The van der Waals surface area contributed by atoms with Crippen molar-refractivity contribution in [1.82, 2.24) is 9.55 Å². The van der Waals surface area contributed by atoms with Gasteiger partial charge in [0.15, 0.2) is 12.4 Å². The van der Waals surface area contributed by atoms with E-state index in [-0.39, 0.29) is 11.6 Å². The van der Waals surface area contributed by atoms with Crippen LogP contribution in [0.3, 0.4) is 0 Å². The van der Waals surface area contributed by atoms with Gasteiger partial charge < -0.3 is 25.4 Å². The molecule has 4 atom stereocenters. The average Bonchev–Trinajstić information content (AvgIpc) is 2.95. The number of rotatable bonds is 7. The molecule has 4 N–H and O–H groups in total. The molecule has 2 aromatic rings. The number of nitrogens with zero attached hydrogens (tertiary/aromatic N) is 5. The van der Waals surface area contributed by atoms with Crippen LogP contribution in [0.15, 0.2) is 46.4 Å². The van der Waals surface area contributed by atoms with Crippen molar-refractivity contribution in [3.8, 4) is 5.75 Å². The normalized spacial score (nSPS) is 26.1. The van der Waals surface area contributed by atoms with E-state index in [2.05, 4.69) is 20.3 Å². The second-order valence-corrected chi connectivity index (χ2v) is 6.44. The quantitative estimate of drug-likeness (QED) is 0.300. The fourth-order valence-electron chi connectivity index (χ4n) is 2.98. The van der Waals surface area contributed by atoms with E-state index in [9.17, 15) is 24.5 Å². The van der Waals surface area contributed by atoms with Crippen molar-refractivity contribution >= 4 is 5.82 Å². The van der Waals surface area contributed by atoms with Crippen LogP contribution in [0.1, 0.15) is 11.8 Å². The molecular formula is C17H19FN6O5. The van der Waals surface area contributed by atoms with Crippen molar-refractivity contribution in [2.24, 2.45) is 5.11 Å². The predicted molar refractivity (Wildman–Crippen MR) is 98.8 cm³/mol. The summed E-state index contributed by atoms with van der Waals surface area (Å²) in [5, 5.41) is 34.7. The molecule has 1 unspecified atom stereocenters. The first-order chi connectivity index (χ1) is 13.9. The van der Waals surface area contributed by atoms with Crippen LogP contribution in [0.5, 0.6) is 5.75 Å². The smallest absolute Gasteiger partial charge is 0.351 e. The van der Waals surface area contributed by atoms with Gasteiger partial charge in [0.2, 0.25) is 5.72 Å². The van der Waals surface area contributed by atoms with E-state index in [1.165, 1.54) is 12.3 Å². The highest BCUT2D eigenvalue weighted by Gasteiger charge is 2.56. The van der Waals surface area contributed by atoms with Gasteiger partial charge in [-0.2, -0.15) is 4.98 Å². The minimum atomic E-state index is -2.22. The Labute approximate surface area is 163 Å². The van der Waals surface area contributed by atoms with E-state index >= 15 is 0 Å². The number of benzene rings is 1. The first-order valence-corrected chi connectivity index (χ1v) is 8.68. The molecule has 1 aliphatic rings. The van der Waals surface area contributed by atoms with Crippen molar-refractivity contribution in [2.75, 3.05) is 18.5 Å². The van der Waals surface area contributed by atoms with Crippen molar-refractivity contribution in [3.63, 3.8) is 0 Å². The first kappa shape index (κ1) is 20.6. The van der Waals surface area contributed by atoms with E-state index in [1.807, 2.05) is 0 Å². The Morgan fingerprint density at radius 2 is 2.10 bits per heavy atom. The summed E-state index contributed by atoms with van der Waals surface area (Å²) >= 11 is 0. The molecule has 0 aliphatic carbocycles. The van der Waals surface area contributed by atoms with Gasteiger partial charge in [0.25, 0.3) is 0 Å². The highest BCUT2D eigenvalue weighted by molar-refractivity contribution is 5.33. The number of hydrogen-bond acceptors (Lipinski definition) is 8. The van der Waals surface area contributed by atoms with Crippen molar-refractivity contribution in [3.05, 3.63) is 63.0 Å². The zero-order valence-electron chi connectivity index (χ0n) is 15.1. The van der Waals surface area contributed by atoms with Crippen LogP contribution in [-0.2, 0) is 11.2 Å². The number of halogens is 1. The summed E-state index contributed by atoms with van der Waals surface area (Å²) in [5.74, 6) is 0.422. The van der Waals surface area contributed by atoms with E-state index in [4.69, 9.17) is 10.3 Å². The molecule has 154 valence electrons. The lowest BCUT2D eigenvalue weighted by Gasteiger charge is -2.23. The van der Waals surface area contributed by atoms with Gasteiger partial charge in [0.1, 0.15) is 17.7 Å². The van der Waals surface area contributed by atoms with Crippen molar-refractivity contribution in [2.45, 2.75) is 30.6 Å². The van der Waals surface area contributed by atoms with Crippen LogP contribution in [0, 0.1) is 0 Å². The summed E-state index contributed by atoms with van der Waals surface area (Å²) in [4.78, 5) is 18.6. The fraction of sp³-hybridized carbons (Fsp3) is 0.412. The standard InChI is InChI=1S/C17H19FN6O5/c18-13-14(27)17(9-25,22-23-19)29-15(13)24-8-6-12(21-16(24)28)20-7-5-10-1-3-11(26)4-2-10/h1-4,6,8,13-15,25-27H,5,7,9H2,(H,20,21,28)/t13-,14?,15+,17+/m0/s1. The predicted octanol–water partition coefficient (Wildman–Crippen LogP) is 0.830. The number of phenols is 1. The van der Waals surface area contributed by atoms with Crippen LogP contribution in [-0.4, -0.2) is 56.0 Å². The second kappa shape index (κ2) is 8.45. The molecule has 2 heterocycles. The minimum Gasteiger partial charge on any atom is -0.508 e. The third-order valence-electron chi connectivity index (χ3n) is 4.56. The lowest BCUT2D eigenvalue weighted by atomic mass is 10.1. The van der Waals surface area contributed by atoms with E-state index in [0.29, 0.717) is 13.0 Å². The Morgan fingerprint density at radius 1 is 1.38 bits per heavy atom.